The van der Waals surface area contributed by atoms with Gasteiger partial charge in [-0.2, -0.15) is 0 Å². The molecule has 7 rings (SSSR count). The number of carboxylic acid groups (broad SMARTS) is 4. The molecule has 1 fully saturated rings. The number of amides is 16. The molecule has 50 nitrogen and oxygen atoms in total. The van der Waals surface area contributed by atoms with Gasteiger partial charge < -0.3 is 154 Å². The fraction of sp³-hybridized carbons (Fsp3) is 0.516. The highest BCUT2D eigenvalue weighted by atomic mass is 16.4. The summed E-state index contributed by atoms with van der Waals surface area (Å²) >= 11 is 0. The van der Waals surface area contributed by atoms with Gasteiger partial charge in [0.15, 0.2) is 0 Å². The number of likely N-dealkylation sites (tertiary alicyclic amines) is 1. The van der Waals surface area contributed by atoms with Crippen LogP contribution in [0.5, 0.6) is 5.75 Å². The number of aromatic nitrogens is 4. The monoisotopic (exact) mass is 2000 g/mol. The van der Waals surface area contributed by atoms with Gasteiger partial charge in [0.1, 0.15) is 90.3 Å². The van der Waals surface area contributed by atoms with Crippen molar-refractivity contribution in [1.82, 2.24) is 99.3 Å². The van der Waals surface area contributed by atoms with Crippen LogP contribution in [0.25, 0.3) is 21.8 Å². The summed E-state index contributed by atoms with van der Waals surface area (Å²) in [5.41, 5.74) is 31.7. The maximum atomic E-state index is 15.1. The summed E-state index contributed by atoms with van der Waals surface area (Å²) in [6, 6.07) is -5.71. The van der Waals surface area contributed by atoms with E-state index in [1.807, 2.05) is 0 Å². The molecule has 6 aromatic rings. The van der Waals surface area contributed by atoms with Crippen LogP contribution in [0.1, 0.15) is 159 Å². The molecule has 0 saturated carbocycles. The van der Waals surface area contributed by atoms with Crippen LogP contribution in [0.2, 0.25) is 0 Å². The third kappa shape index (κ3) is 36.8. The lowest BCUT2D eigenvalue weighted by Crippen LogP contribution is -2.61. The van der Waals surface area contributed by atoms with Crippen LogP contribution in [0.4, 0.5) is 0 Å². The van der Waals surface area contributed by atoms with Crippen molar-refractivity contribution in [3.63, 3.8) is 0 Å². The number of para-hydroxylation sites is 2. The summed E-state index contributed by atoms with van der Waals surface area (Å²) in [6.07, 6.45) is 1.63. The third-order valence-electron chi connectivity index (χ3n) is 23.8. The number of hydrogen-bond acceptors (Lipinski definition) is 27. The summed E-state index contributed by atoms with van der Waals surface area (Å²) in [5.74, 6) is -24.5. The number of aromatic amines is 3. The Kier molecular flexibility index (Phi) is 46.3. The average molecular weight is 2000 g/mol. The molecule has 3 aromatic heterocycles. The molecule has 1 aliphatic heterocycles. The highest BCUT2D eigenvalue weighted by Crippen LogP contribution is 2.25. The minimum atomic E-state index is -2.01. The Morgan fingerprint density at radius 2 is 0.888 bits per heavy atom. The molecule has 4 heterocycles. The quantitative estimate of drug-likeness (QED) is 0.0159. The number of benzene rings is 3. The van der Waals surface area contributed by atoms with E-state index in [0.29, 0.717) is 39.4 Å². The van der Waals surface area contributed by atoms with Crippen LogP contribution in [0, 0.1) is 11.8 Å². The molecule has 780 valence electrons. The lowest BCUT2D eigenvalue weighted by atomic mass is 9.96. The number of rotatable bonds is 63. The Morgan fingerprint density at radius 1 is 0.455 bits per heavy atom. The number of carbonyl (C=O) groups excluding carboxylic acids is 16. The average Bonchev–Trinajstić information content (AvgIpc) is 1.60. The molecule has 0 radical (unpaired) electrons. The molecule has 0 aliphatic carbocycles. The van der Waals surface area contributed by atoms with Gasteiger partial charge in [-0.15, -0.1) is 0 Å². The number of aliphatic carboxylic acids is 4. The number of aliphatic hydroxyl groups is 1. The summed E-state index contributed by atoms with van der Waals surface area (Å²) in [7, 11) is 0. The first kappa shape index (κ1) is 115. The molecule has 143 heavy (non-hydrogen) atoms. The highest BCUT2D eigenvalue weighted by molar-refractivity contribution is 6.03. The van der Waals surface area contributed by atoms with Crippen LogP contribution >= 0.6 is 0 Å². The van der Waals surface area contributed by atoms with Crippen LogP contribution in [0.3, 0.4) is 0 Å². The van der Waals surface area contributed by atoms with Crippen LogP contribution < -0.4 is 103 Å². The molecule has 1 saturated heterocycles. The van der Waals surface area contributed by atoms with E-state index in [-0.39, 0.29) is 139 Å². The summed E-state index contributed by atoms with van der Waals surface area (Å²) < 4.78 is 0. The number of nitrogens with zero attached hydrogens (tertiary/aromatic N) is 2. The minimum absolute atomic E-state index is 0.0972. The van der Waals surface area contributed by atoms with Gasteiger partial charge in [0.2, 0.25) is 94.5 Å². The first-order valence-corrected chi connectivity index (χ1v) is 47.1. The number of unbranched alkanes of at least 4 members (excludes halogenated alkanes) is 3. The first-order valence-electron chi connectivity index (χ1n) is 47.1. The van der Waals surface area contributed by atoms with Crippen LogP contribution in [-0.4, -0.2) is 304 Å². The van der Waals surface area contributed by atoms with Crippen molar-refractivity contribution in [2.75, 3.05) is 39.3 Å². The van der Waals surface area contributed by atoms with Crippen LogP contribution in [-0.2, 0) is 122 Å². The second kappa shape index (κ2) is 57.6. The molecule has 1 aliphatic rings. The van der Waals surface area contributed by atoms with Gasteiger partial charge in [0.05, 0.1) is 51.2 Å². The normalized spacial score (nSPS) is 15.5. The Hall–Kier alpha value is -15.0. The highest BCUT2D eigenvalue weighted by Gasteiger charge is 2.44. The lowest BCUT2D eigenvalue weighted by molar-refractivity contribution is -0.147. The number of phenolic OH excluding ortho intramolecular Hbond substituents is 1. The summed E-state index contributed by atoms with van der Waals surface area (Å²) in [4.78, 5) is 292. The Morgan fingerprint density at radius 3 is 1.36 bits per heavy atom. The number of nitrogens with two attached hydrogens (primary N) is 5. The van der Waals surface area contributed by atoms with Gasteiger partial charge in [0.25, 0.3) is 0 Å². The maximum absolute atomic E-state index is 15.1. The van der Waals surface area contributed by atoms with E-state index in [1.165, 1.54) is 36.8 Å². The topological polar surface area (TPSA) is 825 Å². The Bertz CT molecular complexity index is 5400. The van der Waals surface area contributed by atoms with E-state index in [9.17, 15) is 112 Å². The number of aromatic hydroxyl groups is 1. The van der Waals surface area contributed by atoms with Crippen molar-refractivity contribution in [2.45, 2.75) is 253 Å². The fourth-order valence-corrected chi connectivity index (χ4v) is 16.0. The van der Waals surface area contributed by atoms with Gasteiger partial charge in [-0.1, -0.05) is 82.6 Å². The number of imidazole rings is 1. The summed E-state index contributed by atoms with van der Waals surface area (Å²) in [5, 5.41) is 95.5. The molecular weight excluding hydrogens is 1870 g/mol. The van der Waals surface area contributed by atoms with E-state index in [4.69, 9.17) is 28.7 Å². The van der Waals surface area contributed by atoms with Gasteiger partial charge in [0, 0.05) is 78.3 Å². The number of fused-ring (bicyclic) bond motifs is 2. The number of primary amides is 1. The summed E-state index contributed by atoms with van der Waals surface area (Å²) in [6.45, 7) is 4.76. The number of nitrogens with one attached hydrogen (secondary N) is 17. The molecule has 0 unspecified atom stereocenters. The predicted octanol–water partition coefficient (Wildman–Crippen LogP) is -5.06. The molecule has 0 spiro atoms. The molecule has 3 aromatic carbocycles. The number of H-pyrrole nitrogens is 3. The number of hydrogen-bond donors (Lipinski definition) is 28. The SMILES string of the molecule is CC[C@H](C)[C@H](NC(=O)[C@@H](N)CC(=O)O)C(=O)N[C@@H](Cc1c[nH]c2ccccc12)C(=O)N[C@@H](Cc1c[nH]c2ccccc12)C(=O)N[C@@H](CC(=O)O)C(=O)NCC(=O)N[C@@H](CCCCN)C(=O)N[C@@H](CCCCN)C(=O)N[C@@H](Cc1cnc[nH]1)C(=O)N[C@@H](Cc1ccc(O)cc1)C(=O)N[C@@H](CC(N)=O)C(=O)N1CCC[C@H]1C(=O)N[C@@H](CO)C(=O)N[C@@H](CC(C)C)C(=O)N[C@@H](CCCCN)C(=O)N[C@@H](CC(=O)O)C(=O)O. The van der Waals surface area contributed by atoms with E-state index < -0.39 is 267 Å². The number of aliphatic hydroxyl groups excluding tert-OH is 1. The molecular formula is C93H132N24O26. The van der Waals surface area contributed by atoms with Gasteiger partial charge in [-0.05, 0) is 149 Å². The van der Waals surface area contributed by atoms with Crippen molar-refractivity contribution in [1.29, 1.82) is 0 Å². The minimum Gasteiger partial charge on any atom is -0.508 e. The zero-order chi connectivity index (χ0) is 105. The predicted molar refractivity (Wildman–Crippen MR) is 512 cm³/mol. The lowest BCUT2D eigenvalue weighted by Gasteiger charge is -2.31. The van der Waals surface area contributed by atoms with Gasteiger partial charge in [-0.3, -0.25) is 91.1 Å². The second-order valence-corrected chi connectivity index (χ2v) is 35.4. The molecule has 33 N–H and O–H groups in total. The second-order valence-electron chi connectivity index (χ2n) is 35.4. The molecule has 0 bridgehead atoms. The van der Waals surface area contributed by atoms with E-state index in [1.54, 1.807) is 88.6 Å². The zero-order valence-corrected chi connectivity index (χ0v) is 79.8. The van der Waals surface area contributed by atoms with Crippen molar-refractivity contribution < 1.29 is 127 Å². The number of carboxylic acids is 4. The maximum Gasteiger partial charge on any atom is 0.326 e. The van der Waals surface area contributed by atoms with Gasteiger partial charge >= 0.3 is 23.9 Å². The van der Waals surface area contributed by atoms with Crippen molar-refractivity contribution >= 4 is 140 Å². The zero-order valence-electron chi connectivity index (χ0n) is 79.8. The standard InChI is InChI=1S/C93H132N24O26/c1-5-49(4)78(116-79(128)57(97)38-75(122)123)91(140)112-66(36-52-43-101-59-20-9-7-18-56(52)59)87(136)109-65(35-51-42-100-58-19-8-6-17-55(51)58)86(135)111-68(40-76(124)125)80(129)102-45-74(121)104-60(21-10-13-29-94)81(130)105-61(22-11-14-30-95)82(131)110-67(37-53-44-99-47-103-53)88(137)108-64(34-50-25-27-54(119)28-26-50)85(134)113-69(39-73(98)120)92(141)117-32-16-24-72(117)90(139)115-71(46-118)89(138)107-63(33-48(2)3)84(133)106-62(23-12-15-31-96)83(132)114-70(93(142)143)41-77(126)127/h6-9,17-20,25-28,42-44,47-49,57,60-72,78,100-101,118-119H,5,10-16,21-24,29-41,45-46,94-97H2,1-4H3,(H2,98,120)(H,99,103)(H,102,129)(H,104,121)(H,105,130)(H,106,133)(H,107,138)(H,108,137)(H,109,136)(H,110,131)(H,111,135)(H,112,140)(H,113,134)(H,114,132)(H,115,139)(H,116,128)(H,122,123)(H,124,125)(H,126,127)(H,142,143)/t49-,57-,60-,61-,62-,63-,64-,65-,66-,67-,68-,69-,70-,71-,72-,78-/m0/s1. The molecule has 16 amide bonds. The first-order chi connectivity index (χ1) is 68.0. The van der Waals surface area contributed by atoms with Crippen molar-refractivity contribution in [2.24, 2.45) is 40.5 Å². The largest absolute Gasteiger partial charge is 0.508 e. The van der Waals surface area contributed by atoms with E-state index in [0.717, 1.165) is 4.90 Å². The van der Waals surface area contributed by atoms with Crippen molar-refractivity contribution in [3.05, 3.63) is 120 Å². The van der Waals surface area contributed by atoms with Gasteiger partial charge in [-0.25, -0.2) is 9.78 Å². The van der Waals surface area contributed by atoms with E-state index >= 15 is 14.4 Å². The smallest absolute Gasteiger partial charge is 0.326 e. The molecule has 16 atom stereocenters. The fourth-order valence-electron chi connectivity index (χ4n) is 16.0. The Balaban J connectivity index is 1.08. The number of phenols is 1. The van der Waals surface area contributed by atoms with Crippen LogP contribution in [0.15, 0.2) is 97.7 Å². The molecule has 50 heteroatoms. The number of carbonyl (C=O) groups is 20. The Labute approximate surface area is 821 Å². The van der Waals surface area contributed by atoms with E-state index in [2.05, 4.69) is 94.4 Å². The van der Waals surface area contributed by atoms with Crippen molar-refractivity contribution in [3.8, 4) is 5.75 Å². The third-order valence-corrected chi connectivity index (χ3v) is 23.8.